The maximum Gasteiger partial charge on any atom is 0.0494 e. The Morgan fingerprint density at radius 3 is 2.53 bits per heavy atom. The Kier molecular flexibility index (Phi) is 4.09. The number of nitrogens with one attached hydrogen (secondary N) is 1. The highest BCUT2D eigenvalue weighted by molar-refractivity contribution is 9.10. The van der Waals surface area contributed by atoms with Gasteiger partial charge in [-0.3, -0.25) is 0 Å². The third-order valence-electron chi connectivity index (χ3n) is 3.43. The summed E-state index contributed by atoms with van der Waals surface area (Å²) in [6.45, 7) is 3.30. The van der Waals surface area contributed by atoms with Crippen molar-refractivity contribution < 1.29 is 0 Å². The molecule has 3 rings (SSSR count). The number of hydrogen-bond donors (Lipinski definition) is 1. The highest BCUT2D eigenvalue weighted by Crippen LogP contribution is 2.24. The molecule has 1 saturated heterocycles. The van der Waals surface area contributed by atoms with Gasteiger partial charge in [0, 0.05) is 45.7 Å². The predicted octanol–water partition coefficient (Wildman–Crippen LogP) is 4.72. The summed E-state index contributed by atoms with van der Waals surface area (Å²) >= 11 is 5.26. The average molecular weight is 337 g/mol. The largest absolute Gasteiger partial charge is 0.380 e. The number of hydrogen-bond acceptors (Lipinski definition) is 3. The predicted molar refractivity (Wildman–Crippen MR) is 87.2 cm³/mol. The number of halogens is 1. The van der Waals surface area contributed by atoms with Crippen LogP contribution in [0.2, 0.25) is 0 Å². The van der Waals surface area contributed by atoms with E-state index in [1.54, 1.807) is 11.3 Å². The molecule has 0 amide bonds. The first-order chi connectivity index (χ1) is 9.31. The van der Waals surface area contributed by atoms with Crippen LogP contribution in [0.3, 0.4) is 0 Å². The summed E-state index contributed by atoms with van der Waals surface area (Å²) in [7, 11) is 0. The molecule has 1 N–H and O–H groups in total. The van der Waals surface area contributed by atoms with Gasteiger partial charge in [0.05, 0.1) is 0 Å². The number of nitrogens with zero attached hydrogens (tertiary/aromatic N) is 1. The summed E-state index contributed by atoms with van der Waals surface area (Å²) < 4.78 is 1.17. The lowest BCUT2D eigenvalue weighted by atomic mass is 10.2. The van der Waals surface area contributed by atoms with Gasteiger partial charge in [-0.05, 0) is 59.1 Å². The van der Waals surface area contributed by atoms with Crippen molar-refractivity contribution in [3.8, 4) is 0 Å². The number of anilines is 2. The van der Waals surface area contributed by atoms with E-state index in [9.17, 15) is 0 Å². The molecule has 1 aliphatic rings. The van der Waals surface area contributed by atoms with Crippen LogP contribution < -0.4 is 10.2 Å². The van der Waals surface area contributed by atoms with Crippen molar-refractivity contribution in [2.45, 2.75) is 19.4 Å². The molecule has 0 radical (unpaired) electrons. The molecule has 4 heteroatoms. The fourth-order valence-corrected chi connectivity index (χ4v) is 3.79. The van der Waals surface area contributed by atoms with Gasteiger partial charge in [-0.15, -0.1) is 11.3 Å². The normalized spacial score (nSPS) is 14.9. The quantitative estimate of drug-likeness (QED) is 0.868. The minimum atomic E-state index is 0.888. The highest BCUT2D eigenvalue weighted by Gasteiger charge is 2.11. The zero-order valence-electron chi connectivity index (χ0n) is 10.7. The lowest BCUT2D eigenvalue weighted by molar-refractivity contribution is 0.949. The monoisotopic (exact) mass is 336 g/mol. The molecule has 2 nitrogen and oxygen atoms in total. The Hall–Kier alpha value is -1.00. The third-order valence-corrected chi connectivity index (χ3v) is 5.12. The van der Waals surface area contributed by atoms with Crippen LogP contribution in [0.25, 0.3) is 0 Å². The van der Waals surface area contributed by atoms with Gasteiger partial charge in [0.1, 0.15) is 0 Å². The summed E-state index contributed by atoms with van der Waals surface area (Å²) in [5.74, 6) is 0. The first-order valence-corrected chi connectivity index (χ1v) is 8.30. The van der Waals surface area contributed by atoms with Gasteiger partial charge in [0.15, 0.2) is 0 Å². The van der Waals surface area contributed by atoms with Crippen LogP contribution in [0.5, 0.6) is 0 Å². The van der Waals surface area contributed by atoms with E-state index in [1.807, 2.05) is 0 Å². The van der Waals surface area contributed by atoms with Gasteiger partial charge in [-0.2, -0.15) is 0 Å². The zero-order valence-corrected chi connectivity index (χ0v) is 13.1. The minimum Gasteiger partial charge on any atom is -0.380 e. The molecule has 0 unspecified atom stereocenters. The van der Waals surface area contributed by atoms with Crippen molar-refractivity contribution >= 4 is 38.6 Å². The first-order valence-electron chi connectivity index (χ1n) is 6.63. The van der Waals surface area contributed by atoms with E-state index < -0.39 is 0 Å². The smallest absolute Gasteiger partial charge is 0.0494 e. The molecule has 1 aromatic heterocycles. The summed E-state index contributed by atoms with van der Waals surface area (Å²) in [6, 6.07) is 11.0. The first kappa shape index (κ1) is 13.0. The molecule has 2 heterocycles. The van der Waals surface area contributed by atoms with E-state index in [4.69, 9.17) is 0 Å². The second-order valence-corrected chi connectivity index (χ2v) is 6.74. The van der Waals surface area contributed by atoms with Gasteiger partial charge >= 0.3 is 0 Å². The second-order valence-electron chi connectivity index (χ2n) is 4.83. The van der Waals surface area contributed by atoms with Crippen LogP contribution in [-0.2, 0) is 6.54 Å². The van der Waals surface area contributed by atoms with E-state index in [0.717, 1.165) is 6.54 Å². The van der Waals surface area contributed by atoms with Gasteiger partial charge in [0.25, 0.3) is 0 Å². The summed E-state index contributed by atoms with van der Waals surface area (Å²) in [5, 5.41) is 5.58. The van der Waals surface area contributed by atoms with Gasteiger partial charge in [-0.1, -0.05) is 0 Å². The van der Waals surface area contributed by atoms with Crippen LogP contribution in [0.4, 0.5) is 11.4 Å². The molecule has 0 atom stereocenters. The molecule has 1 aliphatic heterocycles. The fraction of sp³-hybridized carbons (Fsp3) is 0.333. The molecule has 2 aromatic rings. The van der Waals surface area contributed by atoms with Crippen molar-refractivity contribution in [1.82, 2.24) is 0 Å². The molecular formula is C15H17BrN2S. The van der Waals surface area contributed by atoms with Gasteiger partial charge in [0.2, 0.25) is 0 Å². The lowest BCUT2D eigenvalue weighted by Crippen LogP contribution is -2.17. The minimum absolute atomic E-state index is 0.888. The lowest BCUT2D eigenvalue weighted by Gasteiger charge is -2.17. The summed E-state index contributed by atoms with van der Waals surface area (Å²) in [5.41, 5.74) is 2.54. The van der Waals surface area contributed by atoms with Crippen LogP contribution in [0.15, 0.2) is 40.2 Å². The molecular weight excluding hydrogens is 320 g/mol. The van der Waals surface area contributed by atoms with Crippen LogP contribution in [0.1, 0.15) is 17.7 Å². The number of thiophene rings is 1. The fourth-order valence-electron chi connectivity index (χ4n) is 2.40. The second kappa shape index (κ2) is 5.97. The number of benzene rings is 1. The molecule has 0 aliphatic carbocycles. The van der Waals surface area contributed by atoms with E-state index >= 15 is 0 Å². The van der Waals surface area contributed by atoms with Crippen molar-refractivity contribution in [1.29, 1.82) is 0 Å². The van der Waals surface area contributed by atoms with E-state index in [2.05, 4.69) is 61.9 Å². The molecule has 0 spiro atoms. The highest BCUT2D eigenvalue weighted by atomic mass is 79.9. The van der Waals surface area contributed by atoms with Crippen molar-refractivity contribution in [2.24, 2.45) is 0 Å². The molecule has 1 fully saturated rings. The molecule has 19 heavy (non-hydrogen) atoms. The molecule has 0 saturated carbocycles. The molecule has 100 valence electrons. The zero-order chi connectivity index (χ0) is 13.1. The van der Waals surface area contributed by atoms with Crippen molar-refractivity contribution in [3.63, 3.8) is 0 Å². The van der Waals surface area contributed by atoms with Crippen molar-refractivity contribution in [3.05, 3.63) is 45.1 Å². The maximum absolute atomic E-state index is 3.48. The van der Waals surface area contributed by atoms with E-state index in [-0.39, 0.29) is 0 Å². The maximum atomic E-state index is 3.48. The third kappa shape index (κ3) is 3.31. The SMILES string of the molecule is Brc1csc(CNc2ccc(N3CCCC3)cc2)c1. The summed E-state index contributed by atoms with van der Waals surface area (Å²) in [6.07, 6.45) is 2.65. The Morgan fingerprint density at radius 1 is 1.16 bits per heavy atom. The summed E-state index contributed by atoms with van der Waals surface area (Å²) in [4.78, 5) is 3.80. The van der Waals surface area contributed by atoms with E-state index in [1.165, 1.54) is 46.7 Å². The Balaban J connectivity index is 1.59. The van der Waals surface area contributed by atoms with Crippen molar-refractivity contribution in [2.75, 3.05) is 23.3 Å². The van der Waals surface area contributed by atoms with Crippen LogP contribution in [-0.4, -0.2) is 13.1 Å². The van der Waals surface area contributed by atoms with Crippen LogP contribution >= 0.6 is 27.3 Å². The average Bonchev–Trinajstić information content (AvgIpc) is 3.08. The molecule has 0 bridgehead atoms. The topological polar surface area (TPSA) is 15.3 Å². The van der Waals surface area contributed by atoms with Crippen LogP contribution in [0, 0.1) is 0 Å². The van der Waals surface area contributed by atoms with E-state index in [0.29, 0.717) is 0 Å². The Morgan fingerprint density at radius 2 is 1.89 bits per heavy atom. The Labute approximate surface area is 126 Å². The standard InChI is InChI=1S/C15H17BrN2S/c16-12-9-15(19-11-12)10-17-13-3-5-14(6-4-13)18-7-1-2-8-18/h3-6,9,11,17H,1-2,7-8,10H2. The van der Waals surface area contributed by atoms with Gasteiger partial charge in [-0.25, -0.2) is 0 Å². The molecule has 1 aromatic carbocycles. The van der Waals surface area contributed by atoms with Gasteiger partial charge < -0.3 is 10.2 Å². The number of rotatable bonds is 4. The Bertz CT molecular complexity index is 529.